The molecule has 1 heterocycles. The van der Waals surface area contributed by atoms with Gasteiger partial charge in [-0.05, 0) is 11.5 Å². The molecule has 0 saturated heterocycles. The van der Waals surface area contributed by atoms with Crippen LogP contribution >= 0.6 is 11.6 Å². The molecule has 2 aromatic rings. The highest BCUT2D eigenvalue weighted by atomic mass is 35.5. The highest BCUT2D eigenvalue weighted by Gasteiger charge is 2.10. The predicted molar refractivity (Wildman–Crippen MR) is 68.9 cm³/mol. The molecule has 0 bridgehead atoms. The van der Waals surface area contributed by atoms with Crippen LogP contribution in [0.3, 0.4) is 0 Å². The summed E-state index contributed by atoms with van der Waals surface area (Å²) in [7, 11) is 1.73. The minimum absolute atomic E-state index is 0.00126. The predicted octanol–water partition coefficient (Wildman–Crippen LogP) is 2.43. The van der Waals surface area contributed by atoms with Gasteiger partial charge < -0.3 is 4.90 Å². The number of amides is 1. The number of carbonyl (C=O) groups is 1. The first kappa shape index (κ1) is 11.9. The summed E-state index contributed by atoms with van der Waals surface area (Å²) in [6, 6.07) is 9.96. The highest BCUT2D eigenvalue weighted by molar-refractivity contribution is 6.27. The summed E-state index contributed by atoms with van der Waals surface area (Å²) in [4.78, 5) is 17.3. The molecule has 0 saturated carbocycles. The topological polar surface area (TPSA) is 33.2 Å². The van der Waals surface area contributed by atoms with E-state index < -0.39 is 0 Å². The van der Waals surface area contributed by atoms with Crippen molar-refractivity contribution in [2.75, 3.05) is 12.9 Å². The van der Waals surface area contributed by atoms with E-state index >= 15 is 0 Å². The molecule has 0 N–H and O–H groups in total. The van der Waals surface area contributed by atoms with Crippen LogP contribution in [0.4, 0.5) is 0 Å². The normalized spacial score (nSPS) is 10.5. The molecule has 88 valence electrons. The third-order valence-corrected chi connectivity index (χ3v) is 2.91. The number of fused-ring (bicyclic) bond motifs is 1. The quantitative estimate of drug-likeness (QED) is 0.782. The van der Waals surface area contributed by atoms with Crippen molar-refractivity contribution in [2.45, 2.75) is 6.54 Å². The summed E-state index contributed by atoms with van der Waals surface area (Å²) in [6.07, 6.45) is 1.76. The Balaban J connectivity index is 2.33. The monoisotopic (exact) mass is 248 g/mol. The van der Waals surface area contributed by atoms with Crippen molar-refractivity contribution in [3.63, 3.8) is 0 Å². The molecule has 1 amide bonds. The van der Waals surface area contributed by atoms with Crippen molar-refractivity contribution >= 4 is 28.3 Å². The average Bonchev–Trinajstić information content (AvgIpc) is 2.38. The maximum atomic E-state index is 11.4. The Morgan fingerprint density at radius 3 is 2.88 bits per heavy atom. The second-order valence-corrected chi connectivity index (χ2v) is 4.13. The molecule has 0 aliphatic rings. The first-order valence-corrected chi connectivity index (χ1v) is 5.88. The minimum atomic E-state index is -0.0959. The molecule has 1 aromatic carbocycles. The lowest BCUT2D eigenvalue weighted by Gasteiger charge is -2.16. The molecule has 3 nitrogen and oxygen atoms in total. The second kappa shape index (κ2) is 5.15. The molecule has 0 aliphatic carbocycles. The number of pyridine rings is 1. The molecule has 2 rings (SSSR count). The van der Waals surface area contributed by atoms with Crippen LogP contribution in [0.5, 0.6) is 0 Å². The van der Waals surface area contributed by atoms with Gasteiger partial charge in [-0.2, -0.15) is 0 Å². The van der Waals surface area contributed by atoms with E-state index in [2.05, 4.69) is 4.98 Å². The van der Waals surface area contributed by atoms with E-state index in [9.17, 15) is 4.79 Å². The summed E-state index contributed by atoms with van der Waals surface area (Å²) in [5, 5.41) is 2.20. The zero-order valence-electron chi connectivity index (χ0n) is 9.56. The van der Waals surface area contributed by atoms with E-state index in [0.717, 1.165) is 16.5 Å². The van der Waals surface area contributed by atoms with Crippen molar-refractivity contribution in [1.82, 2.24) is 9.88 Å². The molecule has 1 aromatic heterocycles. The summed E-state index contributed by atoms with van der Waals surface area (Å²) in [6.45, 7) is 0.479. The Bertz CT molecular complexity index is 536. The number of halogens is 1. The van der Waals surface area contributed by atoms with Crippen LogP contribution in [0.25, 0.3) is 10.8 Å². The average molecular weight is 249 g/mol. The Morgan fingerprint density at radius 1 is 1.35 bits per heavy atom. The van der Waals surface area contributed by atoms with Gasteiger partial charge in [0.05, 0.1) is 12.2 Å². The fraction of sp³-hybridized carbons (Fsp3) is 0.231. The number of rotatable bonds is 3. The van der Waals surface area contributed by atoms with Gasteiger partial charge in [0, 0.05) is 18.6 Å². The van der Waals surface area contributed by atoms with E-state index in [0.29, 0.717) is 6.54 Å². The summed E-state index contributed by atoms with van der Waals surface area (Å²) in [5.74, 6) is -0.0947. The molecule has 17 heavy (non-hydrogen) atoms. The van der Waals surface area contributed by atoms with Crippen LogP contribution in [0.1, 0.15) is 5.69 Å². The van der Waals surface area contributed by atoms with E-state index in [4.69, 9.17) is 11.6 Å². The van der Waals surface area contributed by atoms with Crippen LogP contribution in [0, 0.1) is 0 Å². The number of nitrogens with zero attached hydrogens (tertiary/aromatic N) is 2. The van der Waals surface area contributed by atoms with Crippen molar-refractivity contribution in [2.24, 2.45) is 0 Å². The number of carbonyl (C=O) groups excluding carboxylic acids is 1. The lowest BCUT2D eigenvalue weighted by Crippen LogP contribution is -2.27. The highest BCUT2D eigenvalue weighted by Crippen LogP contribution is 2.17. The summed E-state index contributed by atoms with van der Waals surface area (Å²) >= 11 is 5.52. The molecule has 4 heteroatoms. The van der Waals surface area contributed by atoms with Gasteiger partial charge in [0.1, 0.15) is 5.88 Å². The maximum Gasteiger partial charge on any atom is 0.237 e. The smallest absolute Gasteiger partial charge is 0.237 e. The Morgan fingerprint density at radius 2 is 2.12 bits per heavy atom. The molecule has 0 unspecified atom stereocenters. The van der Waals surface area contributed by atoms with E-state index in [-0.39, 0.29) is 11.8 Å². The van der Waals surface area contributed by atoms with Crippen LogP contribution in [-0.2, 0) is 11.3 Å². The standard InChI is InChI=1S/C13H13ClN2O/c1-16(13(17)8-14)9-12-11-5-3-2-4-10(11)6-7-15-12/h2-7H,8-9H2,1H3. The fourth-order valence-electron chi connectivity index (χ4n) is 1.72. The SMILES string of the molecule is CN(Cc1nccc2ccccc12)C(=O)CCl. The lowest BCUT2D eigenvalue weighted by atomic mass is 10.1. The number of aromatic nitrogens is 1. The van der Waals surface area contributed by atoms with E-state index in [1.165, 1.54) is 0 Å². The molecule has 0 aliphatic heterocycles. The third-order valence-electron chi connectivity index (χ3n) is 2.68. The van der Waals surface area contributed by atoms with Gasteiger partial charge in [0.25, 0.3) is 0 Å². The first-order valence-electron chi connectivity index (χ1n) is 5.35. The number of alkyl halides is 1. The number of benzene rings is 1. The van der Waals surface area contributed by atoms with Crippen molar-refractivity contribution in [3.8, 4) is 0 Å². The second-order valence-electron chi connectivity index (χ2n) is 3.86. The summed E-state index contributed by atoms with van der Waals surface area (Å²) in [5.41, 5.74) is 0.893. The first-order chi connectivity index (χ1) is 8.22. The minimum Gasteiger partial charge on any atom is -0.339 e. The Labute approximate surface area is 105 Å². The zero-order chi connectivity index (χ0) is 12.3. The van der Waals surface area contributed by atoms with Gasteiger partial charge in [-0.25, -0.2) is 0 Å². The van der Waals surface area contributed by atoms with Crippen LogP contribution in [0.2, 0.25) is 0 Å². The van der Waals surface area contributed by atoms with Crippen LogP contribution in [0.15, 0.2) is 36.5 Å². The zero-order valence-corrected chi connectivity index (χ0v) is 10.3. The largest absolute Gasteiger partial charge is 0.339 e. The molecule has 0 spiro atoms. The molecular formula is C13H13ClN2O. The third kappa shape index (κ3) is 2.56. The Hall–Kier alpha value is -1.61. The molecule has 0 radical (unpaired) electrons. The molecule has 0 fully saturated rings. The van der Waals surface area contributed by atoms with Gasteiger partial charge in [-0.15, -0.1) is 11.6 Å². The van der Waals surface area contributed by atoms with Gasteiger partial charge in [-0.3, -0.25) is 9.78 Å². The maximum absolute atomic E-state index is 11.4. The lowest BCUT2D eigenvalue weighted by molar-refractivity contribution is -0.127. The van der Waals surface area contributed by atoms with E-state index in [1.807, 2.05) is 30.3 Å². The Kier molecular flexibility index (Phi) is 3.59. The van der Waals surface area contributed by atoms with Gasteiger partial charge in [0.2, 0.25) is 5.91 Å². The van der Waals surface area contributed by atoms with Crippen LogP contribution < -0.4 is 0 Å². The van der Waals surface area contributed by atoms with E-state index in [1.54, 1.807) is 18.1 Å². The van der Waals surface area contributed by atoms with Gasteiger partial charge in [-0.1, -0.05) is 24.3 Å². The molecule has 0 atom stereocenters. The van der Waals surface area contributed by atoms with Crippen molar-refractivity contribution in [1.29, 1.82) is 0 Å². The molecular weight excluding hydrogens is 236 g/mol. The fourth-order valence-corrected chi connectivity index (χ4v) is 1.93. The van der Waals surface area contributed by atoms with Crippen molar-refractivity contribution < 1.29 is 4.79 Å². The summed E-state index contributed by atoms with van der Waals surface area (Å²) < 4.78 is 0. The van der Waals surface area contributed by atoms with Crippen LogP contribution in [-0.4, -0.2) is 28.7 Å². The number of hydrogen-bond donors (Lipinski definition) is 0. The van der Waals surface area contributed by atoms with Gasteiger partial charge >= 0.3 is 0 Å². The number of hydrogen-bond acceptors (Lipinski definition) is 2. The van der Waals surface area contributed by atoms with Gasteiger partial charge in [0.15, 0.2) is 0 Å². The van der Waals surface area contributed by atoms with Crippen molar-refractivity contribution in [3.05, 3.63) is 42.2 Å².